The Morgan fingerprint density at radius 2 is 1.81 bits per heavy atom. The van der Waals surface area contributed by atoms with Gasteiger partial charge in [-0.05, 0) is 35.9 Å². The highest BCUT2D eigenvalue weighted by atomic mass is 16.2. The topological polar surface area (TPSA) is 109 Å². The molecular formula is C19H18N6O2. The summed E-state index contributed by atoms with van der Waals surface area (Å²) in [6.45, 7) is 1.82. The van der Waals surface area contributed by atoms with Gasteiger partial charge in [0.1, 0.15) is 17.8 Å². The molecule has 8 heteroatoms. The first kappa shape index (κ1) is 18.0. The van der Waals surface area contributed by atoms with Crippen LogP contribution in [0.25, 0.3) is 0 Å². The molecular weight excluding hydrogens is 344 g/mol. The van der Waals surface area contributed by atoms with Crippen LogP contribution in [0, 0.1) is 0 Å². The van der Waals surface area contributed by atoms with Crippen LogP contribution >= 0.6 is 0 Å². The molecule has 0 unspecified atom stereocenters. The van der Waals surface area contributed by atoms with Gasteiger partial charge in [-0.15, -0.1) is 0 Å². The van der Waals surface area contributed by atoms with Gasteiger partial charge in [-0.1, -0.05) is 6.07 Å². The van der Waals surface area contributed by atoms with E-state index < -0.39 is 0 Å². The summed E-state index contributed by atoms with van der Waals surface area (Å²) >= 11 is 0. The number of hydrogen-bond acceptors (Lipinski definition) is 6. The first-order chi connectivity index (χ1) is 13.1. The van der Waals surface area contributed by atoms with Crippen LogP contribution in [0.1, 0.15) is 23.0 Å². The lowest BCUT2D eigenvalue weighted by molar-refractivity contribution is -0.114. The smallest absolute Gasteiger partial charge is 0.270 e. The minimum absolute atomic E-state index is 0.131. The Hall–Kier alpha value is -3.81. The quantitative estimate of drug-likeness (QED) is 0.622. The molecule has 1 aromatic carbocycles. The molecule has 0 fully saturated rings. The number of hydrogen-bond donors (Lipinski definition) is 3. The fourth-order valence-electron chi connectivity index (χ4n) is 2.31. The molecule has 2 aromatic heterocycles. The van der Waals surface area contributed by atoms with Gasteiger partial charge >= 0.3 is 0 Å². The Labute approximate surface area is 156 Å². The zero-order chi connectivity index (χ0) is 19.1. The second-order valence-electron chi connectivity index (χ2n) is 5.72. The van der Waals surface area contributed by atoms with E-state index in [2.05, 4.69) is 30.9 Å². The fraction of sp³-hybridized carbons (Fsp3) is 0.105. The van der Waals surface area contributed by atoms with Crippen LogP contribution in [0.5, 0.6) is 0 Å². The van der Waals surface area contributed by atoms with Gasteiger partial charge in [0.05, 0.1) is 0 Å². The molecule has 0 aliphatic rings. The molecule has 136 valence electrons. The number of nitrogens with one attached hydrogen (secondary N) is 3. The van der Waals surface area contributed by atoms with Crippen LogP contribution in [0.3, 0.4) is 0 Å². The third-order valence-electron chi connectivity index (χ3n) is 3.55. The predicted molar refractivity (Wildman–Crippen MR) is 101 cm³/mol. The SMILES string of the molecule is CC(=O)Nc1ccc(Nc2cc(C(=O)NCc3cccnc3)ncn2)cc1. The second-order valence-corrected chi connectivity index (χ2v) is 5.72. The van der Waals surface area contributed by atoms with Crippen molar-refractivity contribution < 1.29 is 9.59 Å². The van der Waals surface area contributed by atoms with Crippen molar-refractivity contribution in [1.29, 1.82) is 0 Å². The maximum absolute atomic E-state index is 12.3. The van der Waals surface area contributed by atoms with Crippen molar-refractivity contribution in [3.63, 3.8) is 0 Å². The van der Waals surface area contributed by atoms with E-state index in [0.29, 0.717) is 18.1 Å². The van der Waals surface area contributed by atoms with E-state index in [0.717, 1.165) is 11.3 Å². The number of carbonyl (C=O) groups excluding carboxylic acids is 2. The summed E-state index contributed by atoms with van der Waals surface area (Å²) in [6, 6.07) is 12.4. The van der Waals surface area contributed by atoms with Gasteiger partial charge < -0.3 is 16.0 Å². The standard InChI is InChI=1S/C19H18N6O2/c1-13(26)24-15-4-6-16(7-5-15)25-18-9-17(22-12-23-18)19(27)21-11-14-3-2-8-20-10-14/h2-10,12H,11H2,1H3,(H,21,27)(H,24,26)(H,22,23,25). The molecule has 27 heavy (non-hydrogen) atoms. The first-order valence-electron chi connectivity index (χ1n) is 8.24. The van der Waals surface area contributed by atoms with E-state index in [9.17, 15) is 9.59 Å². The predicted octanol–water partition coefficient (Wildman–Crippen LogP) is 2.50. The van der Waals surface area contributed by atoms with E-state index in [1.807, 2.05) is 12.1 Å². The normalized spacial score (nSPS) is 10.1. The second kappa shape index (κ2) is 8.52. The molecule has 0 aliphatic carbocycles. The monoisotopic (exact) mass is 362 g/mol. The Morgan fingerprint density at radius 3 is 2.52 bits per heavy atom. The van der Waals surface area contributed by atoms with Crippen molar-refractivity contribution in [1.82, 2.24) is 20.3 Å². The molecule has 8 nitrogen and oxygen atoms in total. The minimum Gasteiger partial charge on any atom is -0.347 e. The van der Waals surface area contributed by atoms with E-state index in [1.165, 1.54) is 13.3 Å². The van der Waals surface area contributed by atoms with Crippen LogP contribution in [0.4, 0.5) is 17.2 Å². The Morgan fingerprint density at radius 1 is 1.04 bits per heavy atom. The van der Waals surface area contributed by atoms with Gasteiger partial charge in [0.25, 0.3) is 5.91 Å². The number of pyridine rings is 1. The Bertz CT molecular complexity index is 928. The van der Waals surface area contributed by atoms with Gasteiger partial charge in [0.2, 0.25) is 5.91 Å². The lowest BCUT2D eigenvalue weighted by atomic mass is 10.2. The molecule has 0 aliphatic heterocycles. The number of amides is 2. The van der Waals surface area contributed by atoms with E-state index in [4.69, 9.17) is 0 Å². The summed E-state index contributed by atoms with van der Waals surface area (Å²) in [6.07, 6.45) is 4.70. The molecule has 3 N–H and O–H groups in total. The van der Waals surface area contributed by atoms with Crippen LogP contribution in [0.2, 0.25) is 0 Å². The lowest BCUT2D eigenvalue weighted by Gasteiger charge is -2.09. The zero-order valence-corrected chi connectivity index (χ0v) is 14.6. The average Bonchev–Trinajstić information content (AvgIpc) is 2.68. The molecule has 0 saturated heterocycles. The summed E-state index contributed by atoms with van der Waals surface area (Å²) in [5.74, 6) is 0.0579. The Balaban J connectivity index is 1.62. The van der Waals surface area contributed by atoms with E-state index >= 15 is 0 Å². The number of benzene rings is 1. The number of carbonyl (C=O) groups is 2. The van der Waals surface area contributed by atoms with Crippen molar-refractivity contribution in [3.8, 4) is 0 Å². The molecule has 2 amide bonds. The number of anilines is 3. The first-order valence-corrected chi connectivity index (χ1v) is 8.24. The van der Waals surface area contributed by atoms with Crippen LogP contribution in [-0.2, 0) is 11.3 Å². The molecule has 0 bridgehead atoms. The maximum atomic E-state index is 12.3. The van der Waals surface area contributed by atoms with Crippen molar-refractivity contribution in [2.24, 2.45) is 0 Å². The fourth-order valence-corrected chi connectivity index (χ4v) is 2.31. The van der Waals surface area contributed by atoms with Gasteiger partial charge in [0.15, 0.2) is 0 Å². The lowest BCUT2D eigenvalue weighted by Crippen LogP contribution is -2.24. The molecule has 0 radical (unpaired) electrons. The highest BCUT2D eigenvalue weighted by Gasteiger charge is 2.09. The minimum atomic E-state index is -0.301. The van der Waals surface area contributed by atoms with Gasteiger partial charge in [0, 0.05) is 43.3 Å². The summed E-state index contributed by atoms with van der Waals surface area (Å²) in [5.41, 5.74) is 2.62. The van der Waals surface area contributed by atoms with Crippen LogP contribution < -0.4 is 16.0 Å². The summed E-state index contributed by atoms with van der Waals surface area (Å²) in [5, 5.41) is 8.59. The molecule has 0 saturated carbocycles. The molecule has 3 rings (SSSR count). The van der Waals surface area contributed by atoms with Gasteiger partial charge in [-0.25, -0.2) is 9.97 Å². The third kappa shape index (κ3) is 5.33. The van der Waals surface area contributed by atoms with Crippen molar-refractivity contribution in [2.75, 3.05) is 10.6 Å². The number of nitrogens with zero attached hydrogens (tertiary/aromatic N) is 3. The summed E-state index contributed by atoms with van der Waals surface area (Å²) in [4.78, 5) is 35.5. The number of aromatic nitrogens is 3. The highest BCUT2D eigenvalue weighted by molar-refractivity contribution is 5.93. The molecule has 3 aromatic rings. The highest BCUT2D eigenvalue weighted by Crippen LogP contribution is 2.17. The van der Waals surface area contributed by atoms with Gasteiger partial charge in [-0.2, -0.15) is 0 Å². The average molecular weight is 362 g/mol. The van der Waals surface area contributed by atoms with Crippen molar-refractivity contribution in [3.05, 3.63) is 72.4 Å². The maximum Gasteiger partial charge on any atom is 0.270 e. The van der Waals surface area contributed by atoms with Gasteiger partial charge in [-0.3, -0.25) is 14.6 Å². The molecule has 2 heterocycles. The summed E-state index contributed by atoms with van der Waals surface area (Å²) in [7, 11) is 0. The molecule has 0 atom stereocenters. The van der Waals surface area contributed by atoms with Crippen LogP contribution in [-0.4, -0.2) is 26.8 Å². The van der Waals surface area contributed by atoms with Crippen LogP contribution in [0.15, 0.2) is 61.2 Å². The van der Waals surface area contributed by atoms with E-state index in [-0.39, 0.29) is 17.5 Å². The number of rotatable bonds is 6. The van der Waals surface area contributed by atoms with Crippen molar-refractivity contribution in [2.45, 2.75) is 13.5 Å². The molecule has 0 spiro atoms. The summed E-state index contributed by atoms with van der Waals surface area (Å²) < 4.78 is 0. The zero-order valence-electron chi connectivity index (χ0n) is 14.6. The Kier molecular flexibility index (Phi) is 5.68. The largest absolute Gasteiger partial charge is 0.347 e. The van der Waals surface area contributed by atoms with Crippen molar-refractivity contribution >= 4 is 29.0 Å². The third-order valence-corrected chi connectivity index (χ3v) is 3.55. The van der Waals surface area contributed by atoms with E-state index in [1.54, 1.807) is 42.7 Å².